The van der Waals surface area contributed by atoms with E-state index in [1.54, 1.807) is 24.3 Å². The van der Waals surface area contributed by atoms with Gasteiger partial charge in [0.05, 0.1) is 12.2 Å². The molecule has 1 unspecified atom stereocenters. The highest BCUT2D eigenvalue weighted by Crippen LogP contribution is 2.26. The molecule has 4 heteroatoms. The van der Waals surface area contributed by atoms with Gasteiger partial charge in [0.15, 0.2) is 0 Å². The predicted molar refractivity (Wildman–Crippen MR) is 90.2 cm³/mol. The molecule has 0 aliphatic carbocycles. The van der Waals surface area contributed by atoms with E-state index in [1.165, 1.54) is 0 Å². The van der Waals surface area contributed by atoms with Gasteiger partial charge in [-0.15, -0.1) is 0 Å². The van der Waals surface area contributed by atoms with Crippen LogP contribution in [0.1, 0.15) is 33.5 Å². The molecule has 0 amide bonds. The minimum Gasteiger partial charge on any atom is -0.462 e. The zero-order valence-electron chi connectivity index (χ0n) is 13.6. The molecule has 3 N–H and O–H groups in total. The molecule has 23 heavy (non-hydrogen) atoms. The van der Waals surface area contributed by atoms with Crippen LogP contribution in [0.2, 0.25) is 0 Å². The first-order chi connectivity index (χ1) is 11.0. The van der Waals surface area contributed by atoms with E-state index in [9.17, 15) is 9.90 Å². The Morgan fingerprint density at radius 2 is 1.83 bits per heavy atom. The van der Waals surface area contributed by atoms with E-state index in [0.29, 0.717) is 5.56 Å². The lowest BCUT2D eigenvalue weighted by atomic mass is 9.89. The topological polar surface area (TPSA) is 72.6 Å². The van der Waals surface area contributed by atoms with E-state index in [-0.39, 0.29) is 19.6 Å². The minimum atomic E-state index is -1.20. The summed E-state index contributed by atoms with van der Waals surface area (Å²) in [6.45, 7) is 4.18. The molecule has 0 aromatic heterocycles. The highest BCUT2D eigenvalue weighted by Gasteiger charge is 2.28. The molecule has 122 valence electrons. The molecule has 0 aliphatic heterocycles. The summed E-state index contributed by atoms with van der Waals surface area (Å²) >= 11 is 0. The molecule has 1 atom stereocenters. The van der Waals surface area contributed by atoms with Gasteiger partial charge < -0.3 is 15.6 Å². The molecule has 0 saturated carbocycles. The monoisotopic (exact) mass is 313 g/mol. The Bertz CT molecular complexity index is 670. The third kappa shape index (κ3) is 4.18. The van der Waals surface area contributed by atoms with Gasteiger partial charge in [-0.3, -0.25) is 0 Å². The smallest absolute Gasteiger partial charge is 0.338 e. The van der Waals surface area contributed by atoms with Crippen molar-refractivity contribution in [3.8, 4) is 0 Å². The van der Waals surface area contributed by atoms with Gasteiger partial charge in [-0.1, -0.05) is 36.4 Å². The molecule has 0 saturated heterocycles. The molecule has 2 rings (SSSR count). The average Bonchev–Trinajstić information content (AvgIpc) is 2.57. The second-order valence-corrected chi connectivity index (χ2v) is 5.79. The van der Waals surface area contributed by atoms with E-state index >= 15 is 0 Å². The number of benzene rings is 2. The van der Waals surface area contributed by atoms with Crippen molar-refractivity contribution < 1.29 is 14.6 Å². The average molecular weight is 313 g/mol. The van der Waals surface area contributed by atoms with Crippen molar-refractivity contribution in [2.24, 2.45) is 5.73 Å². The Morgan fingerprint density at radius 1 is 1.13 bits per heavy atom. The first-order valence-corrected chi connectivity index (χ1v) is 7.68. The van der Waals surface area contributed by atoms with Crippen LogP contribution in [0.15, 0.2) is 48.5 Å². The summed E-state index contributed by atoms with van der Waals surface area (Å²) in [5, 5.41) is 10.8. The van der Waals surface area contributed by atoms with Crippen LogP contribution in [0.25, 0.3) is 0 Å². The zero-order valence-corrected chi connectivity index (χ0v) is 13.6. The standard InChI is InChI=1S/C19H23NO3/c1-14-8-9-17(12-15(14)2)19(22,13-20)10-11-23-18(21)16-6-4-3-5-7-16/h3-9,12,22H,10-11,13,20H2,1-2H3. The van der Waals surface area contributed by atoms with Gasteiger partial charge in [0.2, 0.25) is 0 Å². The summed E-state index contributed by atoms with van der Waals surface area (Å²) < 4.78 is 5.25. The van der Waals surface area contributed by atoms with Crippen molar-refractivity contribution in [3.05, 3.63) is 70.8 Å². The number of hydrogen-bond donors (Lipinski definition) is 2. The van der Waals surface area contributed by atoms with Gasteiger partial charge in [0.1, 0.15) is 5.60 Å². The maximum Gasteiger partial charge on any atom is 0.338 e. The Balaban J connectivity index is 2.01. The fourth-order valence-electron chi connectivity index (χ4n) is 2.37. The number of aryl methyl sites for hydroxylation is 2. The first-order valence-electron chi connectivity index (χ1n) is 7.68. The molecule has 0 spiro atoms. The maximum atomic E-state index is 11.9. The van der Waals surface area contributed by atoms with Crippen LogP contribution in [0.5, 0.6) is 0 Å². The lowest BCUT2D eigenvalue weighted by molar-refractivity contribution is 0.00585. The summed E-state index contributed by atoms with van der Waals surface area (Å²) in [5.41, 5.74) is 8.06. The van der Waals surface area contributed by atoms with Crippen molar-refractivity contribution in [3.63, 3.8) is 0 Å². The maximum absolute atomic E-state index is 11.9. The molecule has 2 aromatic rings. The van der Waals surface area contributed by atoms with Crippen molar-refractivity contribution in [2.75, 3.05) is 13.2 Å². The van der Waals surface area contributed by atoms with E-state index in [1.807, 2.05) is 38.1 Å². The Morgan fingerprint density at radius 3 is 2.43 bits per heavy atom. The number of nitrogens with two attached hydrogens (primary N) is 1. The fraction of sp³-hybridized carbons (Fsp3) is 0.316. The second-order valence-electron chi connectivity index (χ2n) is 5.79. The van der Waals surface area contributed by atoms with E-state index < -0.39 is 11.6 Å². The highest BCUT2D eigenvalue weighted by molar-refractivity contribution is 5.89. The molecule has 0 fully saturated rings. The molecule has 0 radical (unpaired) electrons. The number of hydrogen-bond acceptors (Lipinski definition) is 4. The first kappa shape index (κ1) is 17.2. The number of ether oxygens (including phenoxy) is 1. The molecule has 0 heterocycles. The largest absolute Gasteiger partial charge is 0.462 e. The van der Waals surface area contributed by atoms with Crippen LogP contribution in [-0.4, -0.2) is 24.2 Å². The van der Waals surface area contributed by atoms with E-state index in [4.69, 9.17) is 10.5 Å². The van der Waals surface area contributed by atoms with Crippen molar-refractivity contribution in [1.82, 2.24) is 0 Å². The summed E-state index contributed by atoms with van der Waals surface area (Å²) in [5.74, 6) is -0.398. The van der Waals surface area contributed by atoms with Crippen LogP contribution >= 0.6 is 0 Å². The summed E-state index contributed by atoms with van der Waals surface area (Å²) in [7, 11) is 0. The fourth-order valence-corrected chi connectivity index (χ4v) is 2.37. The number of aliphatic hydroxyl groups is 1. The van der Waals surface area contributed by atoms with Crippen molar-refractivity contribution in [2.45, 2.75) is 25.9 Å². The third-order valence-electron chi connectivity index (χ3n) is 4.14. The molecular formula is C19H23NO3. The van der Waals surface area contributed by atoms with Crippen LogP contribution in [0.3, 0.4) is 0 Å². The van der Waals surface area contributed by atoms with E-state index in [2.05, 4.69) is 0 Å². The van der Waals surface area contributed by atoms with Crippen LogP contribution < -0.4 is 5.73 Å². The van der Waals surface area contributed by atoms with Crippen LogP contribution in [-0.2, 0) is 10.3 Å². The van der Waals surface area contributed by atoms with Gasteiger partial charge in [-0.2, -0.15) is 0 Å². The van der Waals surface area contributed by atoms with Gasteiger partial charge >= 0.3 is 5.97 Å². The van der Waals surface area contributed by atoms with Crippen molar-refractivity contribution in [1.29, 1.82) is 0 Å². The normalized spacial score (nSPS) is 13.4. The van der Waals surface area contributed by atoms with Crippen LogP contribution in [0.4, 0.5) is 0 Å². The molecular weight excluding hydrogens is 290 g/mol. The summed E-state index contributed by atoms with van der Waals surface area (Å²) in [6, 6.07) is 14.5. The second kappa shape index (κ2) is 7.40. The van der Waals surface area contributed by atoms with Crippen molar-refractivity contribution >= 4 is 5.97 Å². The van der Waals surface area contributed by atoms with Gasteiger partial charge in [0, 0.05) is 13.0 Å². The molecule has 2 aromatic carbocycles. The van der Waals surface area contributed by atoms with Gasteiger partial charge in [-0.05, 0) is 42.7 Å². The molecule has 0 bridgehead atoms. The Hall–Kier alpha value is -2.17. The quantitative estimate of drug-likeness (QED) is 0.804. The number of esters is 1. The predicted octanol–water partition coefficient (Wildman–Crippen LogP) is 2.70. The molecule has 4 nitrogen and oxygen atoms in total. The van der Waals surface area contributed by atoms with Crippen LogP contribution in [0, 0.1) is 13.8 Å². The minimum absolute atomic E-state index is 0.0678. The summed E-state index contributed by atoms with van der Waals surface area (Å²) in [4.78, 5) is 11.9. The highest BCUT2D eigenvalue weighted by atomic mass is 16.5. The van der Waals surface area contributed by atoms with Gasteiger partial charge in [-0.25, -0.2) is 4.79 Å². The zero-order chi connectivity index (χ0) is 16.9. The molecule has 0 aliphatic rings. The summed E-state index contributed by atoms with van der Waals surface area (Å²) in [6.07, 6.45) is 0.255. The number of carbonyl (C=O) groups excluding carboxylic acids is 1. The number of rotatable bonds is 6. The Labute approximate surface area is 136 Å². The third-order valence-corrected chi connectivity index (χ3v) is 4.14. The van der Waals surface area contributed by atoms with E-state index in [0.717, 1.165) is 16.7 Å². The lowest BCUT2D eigenvalue weighted by Crippen LogP contribution is -2.36. The number of carbonyl (C=O) groups is 1. The SMILES string of the molecule is Cc1ccc(C(O)(CN)CCOC(=O)c2ccccc2)cc1C. The van der Waals surface area contributed by atoms with Gasteiger partial charge in [0.25, 0.3) is 0 Å². The Kier molecular flexibility index (Phi) is 5.53. The lowest BCUT2D eigenvalue weighted by Gasteiger charge is -2.27.